The monoisotopic (exact) mass is 442 g/mol. The van der Waals surface area contributed by atoms with E-state index < -0.39 is 15.9 Å². The summed E-state index contributed by atoms with van der Waals surface area (Å²) in [7, 11) is -3.97. The van der Waals surface area contributed by atoms with Gasteiger partial charge in [-0.3, -0.25) is 9.10 Å². The number of benzene rings is 3. The fourth-order valence-corrected chi connectivity index (χ4v) is 4.55. The molecule has 156 valence electrons. The van der Waals surface area contributed by atoms with Crippen molar-refractivity contribution in [3.05, 3.63) is 95.0 Å². The van der Waals surface area contributed by atoms with E-state index in [1.54, 1.807) is 12.1 Å². The molecule has 0 fully saturated rings. The second-order valence-corrected chi connectivity index (χ2v) is 9.30. The lowest BCUT2D eigenvalue weighted by Crippen LogP contribution is -2.41. The zero-order valence-electron chi connectivity index (χ0n) is 16.7. The maximum atomic E-state index is 13.3. The van der Waals surface area contributed by atoms with Crippen molar-refractivity contribution >= 4 is 33.2 Å². The Morgan fingerprint density at radius 2 is 1.57 bits per heavy atom. The number of hydrogen-bond donors (Lipinski definition) is 1. The number of halogens is 1. The van der Waals surface area contributed by atoms with Crippen LogP contribution in [0.3, 0.4) is 0 Å². The predicted octanol–water partition coefficient (Wildman–Crippen LogP) is 4.72. The molecule has 7 heteroatoms. The maximum Gasteiger partial charge on any atom is 0.264 e. The minimum Gasteiger partial charge on any atom is -0.348 e. The smallest absolute Gasteiger partial charge is 0.264 e. The molecule has 5 nitrogen and oxygen atoms in total. The number of aryl methyl sites for hydroxylation is 1. The van der Waals surface area contributed by atoms with Gasteiger partial charge in [0.15, 0.2) is 0 Å². The summed E-state index contributed by atoms with van der Waals surface area (Å²) in [6.07, 6.45) is 0. The molecule has 0 spiro atoms. The molecule has 0 aliphatic carbocycles. The first kappa shape index (κ1) is 21.9. The fraction of sp³-hybridized carbons (Fsp3) is 0.174. The van der Waals surface area contributed by atoms with Crippen molar-refractivity contribution in [2.75, 3.05) is 10.8 Å². The van der Waals surface area contributed by atoms with Crippen LogP contribution < -0.4 is 9.62 Å². The SMILES string of the molecule is Cc1ccc(N(CC(=O)NC(C)c2ccccc2)S(=O)(=O)c2ccc(Cl)cc2)cc1. The van der Waals surface area contributed by atoms with Crippen LogP contribution in [0.2, 0.25) is 5.02 Å². The average Bonchev–Trinajstić information content (AvgIpc) is 2.73. The number of carbonyl (C=O) groups is 1. The summed E-state index contributed by atoms with van der Waals surface area (Å²) in [4.78, 5) is 12.8. The van der Waals surface area contributed by atoms with Gasteiger partial charge in [0, 0.05) is 5.02 Å². The number of nitrogens with one attached hydrogen (secondary N) is 1. The number of hydrogen-bond acceptors (Lipinski definition) is 3. The fourth-order valence-electron chi connectivity index (χ4n) is 3.00. The van der Waals surface area contributed by atoms with Crippen molar-refractivity contribution in [3.8, 4) is 0 Å². The van der Waals surface area contributed by atoms with Gasteiger partial charge in [-0.2, -0.15) is 0 Å². The van der Waals surface area contributed by atoms with Gasteiger partial charge in [0.2, 0.25) is 5.91 Å². The molecular formula is C23H23ClN2O3S. The molecule has 0 aromatic heterocycles. The summed E-state index contributed by atoms with van der Waals surface area (Å²) in [5, 5.41) is 3.31. The lowest BCUT2D eigenvalue weighted by atomic mass is 10.1. The van der Waals surface area contributed by atoms with Crippen LogP contribution in [0, 0.1) is 6.92 Å². The normalized spacial score (nSPS) is 12.2. The number of amides is 1. The molecule has 1 unspecified atom stereocenters. The first-order chi connectivity index (χ1) is 14.3. The molecule has 1 N–H and O–H groups in total. The Morgan fingerprint density at radius 3 is 2.17 bits per heavy atom. The van der Waals surface area contributed by atoms with Crippen LogP contribution in [-0.2, 0) is 14.8 Å². The highest BCUT2D eigenvalue weighted by atomic mass is 35.5. The number of carbonyl (C=O) groups excluding carboxylic acids is 1. The Balaban J connectivity index is 1.89. The van der Waals surface area contributed by atoms with Crippen LogP contribution in [0.25, 0.3) is 0 Å². The highest BCUT2D eigenvalue weighted by Gasteiger charge is 2.27. The molecule has 0 radical (unpaired) electrons. The lowest BCUT2D eigenvalue weighted by molar-refractivity contribution is -0.120. The van der Waals surface area contributed by atoms with Crippen LogP contribution in [-0.4, -0.2) is 20.9 Å². The van der Waals surface area contributed by atoms with E-state index in [1.165, 1.54) is 24.3 Å². The van der Waals surface area contributed by atoms with Gasteiger partial charge in [0.05, 0.1) is 16.6 Å². The minimum atomic E-state index is -3.97. The molecule has 0 saturated heterocycles. The Kier molecular flexibility index (Phi) is 6.80. The first-order valence-electron chi connectivity index (χ1n) is 9.46. The quantitative estimate of drug-likeness (QED) is 0.575. The van der Waals surface area contributed by atoms with E-state index >= 15 is 0 Å². The maximum absolute atomic E-state index is 13.3. The molecule has 0 aliphatic rings. The molecule has 0 bridgehead atoms. The largest absolute Gasteiger partial charge is 0.348 e. The molecule has 1 atom stereocenters. The van der Waals surface area contributed by atoms with Gasteiger partial charge < -0.3 is 5.32 Å². The van der Waals surface area contributed by atoms with E-state index in [2.05, 4.69) is 5.32 Å². The Bertz CT molecular complexity index is 1100. The highest BCUT2D eigenvalue weighted by molar-refractivity contribution is 7.92. The van der Waals surface area contributed by atoms with Crippen LogP contribution in [0.1, 0.15) is 24.1 Å². The van der Waals surface area contributed by atoms with Gasteiger partial charge in [-0.15, -0.1) is 0 Å². The summed E-state index contributed by atoms with van der Waals surface area (Å²) in [5.41, 5.74) is 2.34. The molecule has 1 amide bonds. The highest BCUT2D eigenvalue weighted by Crippen LogP contribution is 2.25. The van der Waals surface area contributed by atoms with Crippen molar-refractivity contribution < 1.29 is 13.2 Å². The summed E-state index contributed by atoms with van der Waals surface area (Å²) in [5.74, 6) is -0.399. The third-order valence-corrected chi connectivity index (χ3v) is 6.73. The van der Waals surface area contributed by atoms with Gasteiger partial charge in [-0.05, 0) is 55.8 Å². The lowest BCUT2D eigenvalue weighted by Gasteiger charge is -2.25. The zero-order chi connectivity index (χ0) is 21.7. The molecule has 0 heterocycles. The van der Waals surface area contributed by atoms with E-state index in [0.717, 1.165) is 15.4 Å². The van der Waals surface area contributed by atoms with Crippen molar-refractivity contribution in [1.82, 2.24) is 5.32 Å². The number of anilines is 1. The molecule has 3 aromatic rings. The second kappa shape index (κ2) is 9.32. The summed E-state index contributed by atoms with van der Waals surface area (Å²) < 4.78 is 27.8. The van der Waals surface area contributed by atoms with E-state index in [9.17, 15) is 13.2 Å². The number of rotatable bonds is 7. The Hall–Kier alpha value is -2.83. The van der Waals surface area contributed by atoms with Crippen molar-refractivity contribution in [2.24, 2.45) is 0 Å². The summed E-state index contributed by atoms with van der Waals surface area (Å²) in [6, 6.07) is 22.1. The Morgan fingerprint density at radius 1 is 0.967 bits per heavy atom. The Labute approximate surface area is 182 Å². The topological polar surface area (TPSA) is 66.5 Å². The van der Waals surface area contributed by atoms with E-state index in [1.807, 2.05) is 56.3 Å². The number of sulfonamides is 1. The number of nitrogens with zero attached hydrogens (tertiary/aromatic N) is 1. The molecular weight excluding hydrogens is 420 g/mol. The minimum absolute atomic E-state index is 0.0661. The van der Waals surface area contributed by atoms with Crippen molar-refractivity contribution in [2.45, 2.75) is 24.8 Å². The average molecular weight is 443 g/mol. The van der Waals surface area contributed by atoms with Gasteiger partial charge in [-0.25, -0.2) is 8.42 Å². The van der Waals surface area contributed by atoms with Gasteiger partial charge in [0.1, 0.15) is 6.54 Å². The van der Waals surface area contributed by atoms with Gasteiger partial charge in [-0.1, -0.05) is 59.6 Å². The van der Waals surface area contributed by atoms with Gasteiger partial charge in [0.25, 0.3) is 10.0 Å². The first-order valence-corrected chi connectivity index (χ1v) is 11.3. The van der Waals surface area contributed by atoms with Crippen molar-refractivity contribution in [3.63, 3.8) is 0 Å². The van der Waals surface area contributed by atoms with Crippen LogP contribution in [0.5, 0.6) is 0 Å². The molecule has 3 aromatic carbocycles. The van der Waals surface area contributed by atoms with E-state index in [4.69, 9.17) is 11.6 Å². The van der Waals surface area contributed by atoms with Crippen LogP contribution in [0.15, 0.2) is 83.8 Å². The molecule has 30 heavy (non-hydrogen) atoms. The van der Waals surface area contributed by atoms with Crippen molar-refractivity contribution in [1.29, 1.82) is 0 Å². The van der Waals surface area contributed by atoms with Crippen LogP contribution >= 0.6 is 11.6 Å². The molecule has 0 aliphatic heterocycles. The third-order valence-electron chi connectivity index (χ3n) is 4.69. The van der Waals surface area contributed by atoms with Gasteiger partial charge >= 0.3 is 0 Å². The summed E-state index contributed by atoms with van der Waals surface area (Å²) in [6.45, 7) is 3.43. The molecule has 0 saturated carbocycles. The second-order valence-electron chi connectivity index (χ2n) is 7.00. The zero-order valence-corrected chi connectivity index (χ0v) is 18.3. The molecule has 3 rings (SSSR count). The third kappa shape index (κ3) is 5.20. The van der Waals surface area contributed by atoms with Crippen LogP contribution in [0.4, 0.5) is 5.69 Å². The predicted molar refractivity (Wildman–Crippen MR) is 120 cm³/mol. The summed E-state index contributed by atoms with van der Waals surface area (Å²) >= 11 is 5.90. The van der Waals surface area contributed by atoms with E-state index in [0.29, 0.717) is 10.7 Å². The standard InChI is InChI=1S/C23H23ClN2O3S/c1-17-8-12-21(13-9-17)26(30(28,29)22-14-10-20(24)11-15-22)16-23(27)25-18(2)19-6-4-3-5-7-19/h3-15,18H,16H2,1-2H3,(H,25,27). The van der Waals surface area contributed by atoms with E-state index in [-0.39, 0.29) is 17.5 Å².